The predicted molar refractivity (Wildman–Crippen MR) is 92.4 cm³/mol. The molecule has 1 aromatic rings. The molecule has 0 radical (unpaired) electrons. The summed E-state index contributed by atoms with van der Waals surface area (Å²) in [7, 11) is 1.92. The van der Waals surface area contributed by atoms with Crippen LogP contribution in [0.25, 0.3) is 0 Å². The molecule has 0 aliphatic carbocycles. The van der Waals surface area contributed by atoms with Crippen LogP contribution in [0.15, 0.2) is 11.3 Å². The Kier molecular flexibility index (Phi) is 5.13. The summed E-state index contributed by atoms with van der Waals surface area (Å²) in [6.45, 7) is 5.50. The number of anilines is 1. The van der Waals surface area contributed by atoms with E-state index in [2.05, 4.69) is 41.2 Å². The first-order chi connectivity index (χ1) is 10.2. The number of aromatic nitrogens is 1. The van der Waals surface area contributed by atoms with E-state index in [9.17, 15) is 0 Å². The first kappa shape index (κ1) is 15.2. The van der Waals surface area contributed by atoms with E-state index >= 15 is 0 Å². The molecule has 0 saturated carbocycles. The maximum atomic E-state index is 4.46. The third-order valence-corrected chi connectivity index (χ3v) is 5.52. The summed E-state index contributed by atoms with van der Waals surface area (Å²) >= 11 is 5.35. The minimum absolute atomic E-state index is 0.425. The SMILES string of the molecule is CNc1ncc(CN2CCCC(CN3CC(Br)C=N3)C2)s1. The van der Waals surface area contributed by atoms with Crippen molar-refractivity contribution < 1.29 is 0 Å². The Morgan fingerprint density at radius 1 is 1.48 bits per heavy atom. The fraction of sp³-hybridized carbons (Fsp3) is 0.714. The van der Waals surface area contributed by atoms with E-state index in [1.165, 1.54) is 30.8 Å². The summed E-state index contributed by atoms with van der Waals surface area (Å²) in [6.07, 6.45) is 6.61. The highest BCUT2D eigenvalue weighted by molar-refractivity contribution is 9.10. The fourth-order valence-corrected chi connectivity index (χ4v) is 4.29. The lowest BCUT2D eigenvalue weighted by molar-refractivity contribution is 0.135. The van der Waals surface area contributed by atoms with E-state index in [0.29, 0.717) is 4.83 Å². The number of nitrogens with one attached hydrogen (secondary N) is 1. The fourth-order valence-electron chi connectivity index (χ4n) is 3.04. The number of alkyl halides is 1. The summed E-state index contributed by atoms with van der Waals surface area (Å²) in [6, 6.07) is 0. The zero-order valence-corrected chi connectivity index (χ0v) is 14.7. The maximum absolute atomic E-state index is 4.46. The molecule has 5 nitrogen and oxygen atoms in total. The van der Waals surface area contributed by atoms with Gasteiger partial charge in [-0.1, -0.05) is 15.9 Å². The second kappa shape index (κ2) is 7.07. The lowest BCUT2D eigenvalue weighted by atomic mass is 9.98. The molecule has 1 aromatic heterocycles. The van der Waals surface area contributed by atoms with Crippen LogP contribution in [0.2, 0.25) is 0 Å². The molecule has 1 saturated heterocycles. The highest BCUT2D eigenvalue weighted by Crippen LogP contribution is 2.24. The Hall–Kier alpha value is -0.660. The van der Waals surface area contributed by atoms with E-state index in [1.54, 1.807) is 11.3 Å². The molecule has 2 atom stereocenters. The van der Waals surface area contributed by atoms with E-state index in [4.69, 9.17) is 0 Å². The molecule has 2 unspecified atom stereocenters. The van der Waals surface area contributed by atoms with Gasteiger partial charge in [-0.05, 0) is 25.3 Å². The van der Waals surface area contributed by atoms with Crippen LogP contribution in [0.3, 0.4) is 0 Å². The number of hydrogen-bond acceptors (Lipinski definition) is 6. The number of likely N-dealkylation sites (tertiary alicyclic amines) is 1. The van der Waals surface area contributed by atoms with Gasteiger partial charge >= 0.3 is 0 Å². The quantitative estimate of drug-likeness (QED) is 0.807. The van der Waals surface area contributed by atoms with Crippen molar-refractivity contribution in [1.82, 2.24) is 14.9 Å². The predicted octanol–water partition coefficient (Wildman–Crippen LogP) is 2.46. The van der Waals surface area contributed by atoms with Crippen molar-refractivity contribution in [2.75, 3.05) is 38.5 Å². The van der Waals surface area contributed by atoms with Gasteiger partial charge in [0.1, 0.15) is 0 Å². The second-order valence-corrected chi connectivity index (χ2v) is 8.07. The van der Waals surface area contributed by atoms with E-state index in [0.717, 1.165) is 30.7 Å². The molecule has 21 heavy (non-hydrogen) atoms. The Bertz CT molecular complexity index is 491. The number of piperidine rings is 1. The van der Waals surface area contributed by atoms with Gasteiger partial charge in [0.15, 0.2) is 5.13 Å². The summed E-state index contributed by atoms with van der Waals surface area (Å²) in [5.41, 5.74) is 0. The smallest absolute Gasteiger partial charge is 0.182 e. The van der Waals surface area contributed by atoms with Gasteiger partial charge in [-0.15, -0.1) is 11.3 Å². The van der Waals surface area contributed by atoms with Crippen LogP contribution in [0.5, 0.6) is 0 Å². The van der Waals surface area contributed by atoms with Crippen molar-refractivity contribution in [2.24, 2.45) is 11.0 Å². The van der Waals surface area contributed by atoms with Gasteiger partial charge in [-0.25, -0.2) is 4.98 Å². The molecule has 0 spiro atoms. The zero-order chi connectivity index (χ0) is 14.7. The van der Waals surface area contributed by atoms with Crippen LogP contribution in [0.1, 0.15) is 17.7 Å². The van der Waals surface area contributed by atoms with E-state index in [-0.39, 0.29) is 0 Å². The third-order valence-electron chi connectivity index (χ3n) is 4.00. The van der Waals surface area contributed by atoms with Crippen molar-refractivity contribution in [2.45, 2.75) is 24.2 Å². The summed E-state index contributed by atoms with van der Waals surface area (Å²) in [5.74, 6) is 0.727. The van der Waals surface area contributed by atoms with E-state index < -0.39 is 0 Å². The number of nitrogens with zero attached hydrogens (tertiary/aromatic N) is 4. The molecule has 1 fully saturated rings. The van der Waals surface area contributed by atoms with Crippen molar-refractivity contribution >= 4 is 38.6 Å². The molecular weight excluding hydrogens is 350 g/mol. The number of hydrazone groups is 1. The molecule has 0 bridgehead atoms. The molecule has 0 aromatic carbocycles. The zero-order valence-electron chi connectivity index (χ0n) is 12.3. The Morgan fingerprint density at radius 2 is 2.38 bits per heavy atom. The van der Waals surface area contributed by atoms with Crippen LogP contribution < -0.4 is 5.32 Å². The monoisotopic (exact) mass is 371 g/mol. The summed E-state index contributed by atoms with van der Waals surface area (Å²) in [4.78, 5) is 8.69. The lowest BCUT2D eigenvalue weighted by Crippen LogP contribution is -2.39. The number of rotatable bonds is 5. The van der Waals surface area contributed by atoms with Gasteiger partial charge in [-0.2, -0.15) is 5.10 Å². The van der Waals surface area contributed by atoms with Gasteiger partial charge in [0.25, 0.3) is 0 Å². The van der Waals surface area contributed by atoms with Crippen LogP contribution in [-0.4, -0.2) is 59.2 Å². The molecule has 0 amide bonds. The van der Waals surface area contributed by atoms with Gasteiger partial charge in [0.2, 0.25) is 0 Å². The largest absolute Gasteiger partial charge is 0.365 e. The van der Waals surface area contributed by atoms with Gasteiger partial charge in [0, 0.05) is 44.0 Å². The molecular formula is C14H22BrN5S. The van der Waals surface area contributed by atoms with E-state index in [1.807, 2.05) is 19.5 Å². The molecule has 7 heteroatoms. The molecule has 3 rings (SSSR count). The highest BCUT2D eigenvalue weighted by atomic mass is 79.9. The Balaban J connectivity index is 1.49. The minimum atomic E-state index is 0.425. The first-order valence-corrected chi connectivity index (χ1v) is 9.24. The van der Waals surface area contributed by atoms with Crippen LogP contribution >= 0.6 is 27.3 Å². The normalized spacial score (nSPS) is 26.5. The molecule has 2 aliphatic heterocycles. The van der Waals surface area contributed by atoms with Gasteiger partial charge < -0.3 is 5.32 Å². The maximum Gasteiger partial charge on any atom is 0.182 e. The molecule has 2 aliphatic rings. The number of thiazole rings is 1. The van der Waals surface area contributed by atoms with Crippen LogP contribution in [0.4, 0.5) is 5.13 Å². The van der Waals surface area contributed by atoms with Gasteiger partial charge in [0.05, 0.1) is 11.4 Å². The van der Waals surface area contributed by atoms with Crippen molar-refractivity contribution in [3.63, 3.8) is 0 Å². The highest BCUT2D eigenvalue weighted by Gasteiger charge is 2.24. The first-order valence-electron chi connectivity index (χ1n) is 7.51. The second-order valence-electron chi connectivity index (χ2n) is 5.78. The summed E-state index contributed by atoms with van der Waals surface area (Å²) in [5, 5.41) is 10.8. The average molecular weight is 372 g/mol. The van der Waals surface area contributed by atoms with Crippen molar-refractivity contribution in [3.05, 3.63) is 11.1 Å². The number of hydrogen-bond donors (Lipinski definition) is 1. The minimum Gasteiger partial charge on any atom is -0.365 e. The summed E-state index contributed by atoms with van der Waals surface area (Å²) < 4.78 is 0. The molecule has 3 heterocycles. The Labute approximate surface area is 138 Å². The van der Waals surface area contributed by atoms with Gasteiger partial charge in [-0.3, -0.25) is 9.91 Å². The molecule has 116 valence electrons. The Morgan fingerprint density at radius 3 is 3.10 bits per heavy atom. The van der Waals surface area contributed by atoms with Crippen LogP contribution in [-0.2, 0) is 6.54 Å². The average Bonchev–Trinajstić information content (AvgIpc) is 3.08. The van der Waals surface area contributed by atoms with Crippen LogP contribution in [0, 0.1) is 5.92 Å². The lowest BCUT2D eigenvalue weighted by Gasteiger charge is -2.34. The topological polar surface area (TPSA) is 43.8 Å². The number of halogens is 1. The third kappa shape index (κ3) is 4.17. The standard InChI is InChI=1S/C14H22BrN5S/c1-16-14-17-6-13(21-14)10-19-4-2-3-11(7-19)8-20-9-12(15)5-18-20/h5-6,11-12H,2-4,7-10H2,1H3,(H,16,17). The van der Waals surface area contributed by atoms with Crippen molar-refractivity contribution in [3.8, 4) is 0 Å². The van der Waals surface area contributed by atoms with Crippen molar-refractivity contribution in [1.29, 1.82) is 0 Å². The molecule has 1 N–H and O–H groups in total.